The first kappa shape index (κ1) is 12.7. The summed E-state index contributed by atoms with van der Waals surface area (Å²) in [6, 6.07) is 0. The predicted octanol–water partition coefficient (Wildman–Crippen LogP) is 0.857. The van der Waals surface area contributed by atoms with Gasteiger partial charge in [-0.05, 0) is 18.8 Å². The number of aromatic amines is 1. The molecule has 0 aliphatic rings. The minimum atomic E-state index is -0.128. The normalized spacial score (nSPS) is 11.5. The smallest absolute Gasteiger partial charge is 0.254 e. The maximum atomic E-state index is 11.7. The first-order chi connectivity index (χ1) is 7.46. The molecule has 1 amide bonds. The molecule has 1 heterocycles. The number of nitrogens with zero attached hydrogens (tertiary/aromatic N) is 1. The third-order valence-corrected chi connectivity index (χ3v) is 2.59. The second-order valence-corrected chi connectivity index (χ2v) is 4.73. The van der Waals surface area contributed by atoms with E-state index in [1.807, 2.05) is 13.8 Å². The van der Waals surface area contributed by atoms with Gasteiger partial charge in [-0.25, -0.2) is 0 Å². The number of rotatable bonds is 5. The van der Waals surface area contributed by atoms with Gasteiger partial charge in [-0.15, -0.1) is 0 Å². The van der Waals surface area contributed by atoms with Crippen molar-refractivity contribution in [2.45, 2.75) is 27.2 Å². The summed E-state index contributed by atoms with van der Waals surface area (Å²) < 4.78 is 0. The molecule has 0 aliphatic heterocycles. The summed E-state index contributed by atoms with van der Waals surface area (Å²) in [5.74, 6) is -0.128. The van der Waals surface area contributed by atoms with Crippen molar-refractivity contribution in [3.05, 3.63) is 17.5 Å². The third kappa shape index (κ3) is 3.34. The number of carbonyl (C=O) groups is 1. The number of H-pyrrole nitrogens is 1. The number of carbonyl (C=O) groups excluding carboxylic acids is 1. The summed E-state index contributed by atoms with van der Waals surface area (Å²) in [6.07, 6.45) is 2.18. The number of hydrogen-bond donors (Lipinski definition) is 3. The van der Waals surface area contributed by atoms with Crippen molar-refractivity contribution in [2.75, 3.05) is 13.2 Å². The molecule has 0 spiro atoms. The number of hydrogen-bond acceptors (Lipinski definition) is 3. The van der Waals surface area contributed by atoms with Crippen LogP contribution in [0.2, 0.25) is 0 Å². The molecule has 1 aromatic rings. The topological polar surface area (TPSA) is 78.0 Å². The average Bonchev–Trinajstić information content (AvgIpc) is 2.61. The van der Waals surface area contributed by atoms with E-state index in [4.69, 9.17) is 5.11 Å². The Labute approximate surface area is 95.3 Å². The first-order valence-corrected chi connectivity index (χ1v) is 5.35. The van der Waals surface area contributed by atoms with Gasteiger partial charge in [0.1, 0.15) is 0 Å². The Balaban J connectivity index is 2.51. The van der Waals surface area contributed by atoms with Crippen molar-refractivity contribution in [3.8, 4) is 0 Å². The van der Waals surface area contributed by atoms with Gasteiger partial charge in [0.25, 0.3) is 5.91 Å². The highest BCUT2D eigenvalue weighted by Crippen LogP contribution is 2.18. The molecule has 0 saturated heterocycles. The molecule has 5 heteroatoms. The Morgan fingerprint density at radius 3 is 2.81 bits per heavy atom. The summed E-state index contributed by atoms with van der Waals surface area (Å²) in [6.45, 7) is 6.49. The van der Waals surface area contributed by atoms with Gasteiger partial charge in [0.2, 0.25) is 0 Å². The standard InChI is InChI=1S/C11H19N3O2/c1-8-9(6-13-14-8)10(16)12-7-11(2,3)4-5-15/h6,15H,4-5,7H2,1-3H3,(H,12,16)(H,13,14). The van der Waals surface area contributed by atoms with Gasteiger partial charge < -0.3 is 10.4 Å². The number of nitrogens with one attached hydrogen (secondary N) is 2. The van der Waals surface area contributed by atoms with Gasteiger partial charge in [0.05, 0.1) is 11.8 Å². The van der Waals surface area contributed by atoms with Crippen molar-refractivity contribution in [3.63, 3.8) is 0 Å². The zero-order valence-corrected chi connectivity index (χ0v) is 10.0. The summed E-state index contributed by atoms with van der Waals surface area (Å²) in [5, 5.41) is 18.2. The van der Waals surface area contributed by atoms with Crippen LogP contribution in [0, 0.1) is 12.3 Å². The number of aliphatic hydroxyl groups excluding tert-OH is 1. The summed E-state index contributed by atoms with van der Waals surface area (Å²) in [5.41, 5.74) is 1.24. The quantitative estimate of drug-likeness (QED) is 0.695. The van der Waals surface area contributed by atoms with Crippen molar-refractivity contribution in [1.29, 1.82) is 0 Å². The van der Waals surface area contributed by atoms with Crippen LogP contribution in [-0.4, -0.2) is 34.4 Å². The molecule has 1 aromatic heterocycles. The molecule has 0 unspecified atom stereocenters. The van der Waals surface area contributed by atoms with Crippen LogP contribution in [0.1, 0.15) is 36.3 Å². The highest BCUT2D eigenvalue weighted by Gasteiger charge is 2.19. The monoisotopic (exact) mass is 225 g/mol. The molecule has 5 nitrogen and oxygen atoms in total. The van der Waals surface area contributed by atoms with Gasteiger partial charge in [-0.3, -0.25) is 9.89 Å². The second-order valence-electron chi connectivity index (χ2n) is 4.73. The maximum absolute atomic E-state index is 11.7. The Kier molecular flexibility index (Phi) is 4.06. The summed E-state index contributed by atoms with van der Waals surface area (Å²) in [4.78, 5) is 11.7. The van der Waals surface area contributed by atoms with Crippen molar-refractivity contribution >= 4 is 5.91 Å². The lowest BCUT2D eigenvalue weighted by molar-refractivity contribution is 0.0927. The van der Waals surface area contributed by atoms with Crippen LogP contribution < -0.4 is 5.32 Å². The van der Waals surface area contributed by atoms with Gasteiger partial charge in [-0.1, -0.05) is 13.8 Å². The minimum absolute atomic E-state index is 0.0952. The van der Waals surface area contributed by atoms with E-state index in [-0.39, 0.29) is 17.9 Å². The molecule has 0 atom stereocenters. The Hall–Kier alpha value is -1.36. The summed E-state index contributed by atoms with van der Waals surface area (Å²) >= 11 is 0. The third-order valence-electron chi connectivity index (χ3n) is 2.59. The number of aromatic nitrogens is 2. The maximum Gasteiger partial charge on any atom is 0.254 e. The molecule has 90 valence electrons. The molecule has 0 fully saturated rings. The van der Waals surface area contributed by atoms with Crippen LogP contribution in [0.3, 0.4) is 0 Å². The summed E-state index contributed by atoms with van der Waals surface area (Å²) in [7, 11) is 0. The molecule has 1 rings (SSSR count). The predicted molar refractivity (Wildman–Crippen MR) is 61.1 cm³/mol. The Bertz CT molecular complexity index is 358. The zero-order chi connectivity index (χ0) is 12.2. The molecule has 0 saturated carbocycles. The van der Waals surface area contributed by atoms with Crippen LogP contribution in [0.4, 0.5) is 0 Å². The largest absolute Gasteiger partial charge is 0.396 e. The Morgan fingerprint density at radius 1 is 1.62 bits per heavy atom. The Morgan fingerprint density at radius 2 is 2.31 bits per heavy atom. The van der Waals surface area contributed by atoms with Gasteiger partial charge in [0, 0.05) is 18.8 Å². The average molecular weight is 225 g/mol. The van der Waals surface area contributed by atoms with E-state index in [0.717, 1.165) is 5.69 Å². The van der Waals surface area contributed by atoms with Crippen molar-refractivity contribution in [1.82, 2.24) is 15.5 Å². The van der Waals surface area contributed by atoms with Crippen LogP contribution in [0.5, 0.6) is 0 Å². The van der Waals surface area contributed by atoms with E-state index in [1.165, 1.54) is 6.20 Å². The van der Waals surface area contributed by atoms with Crippen molar-refractivity contribution < 1.29 is 9.90 Å². The highest BCUT2D eigenvalue weighted by molar-refractivity contribution is 5.94. The SMILES string of the molecule is Cc1[nH]ncc1C(=O)NCC(C)(C)CCO. The molecule has 16 heavy (non-hydrogen) atoms. The van der Waals surface area contributed by atoms with Gasteiger partial charge in [0.15, 0.2) is 0 Å². The van der Waals surface area contributed by atoms with Crippen molar-refractivity contribution in [2.24, 2.45) is 5.41 Å². The molecular weight excluding hydrogens is 206 g/mol. The molecule has 0 radical (unpaired) electrons. The minimum Gasteiger partial charge on any atom is -0.396 e. The van der Waals surface area contributed by atoms with Crippen LogP contribution in [0.25, 0.3) is 0 Å². The van der Waals surface area contributed by atoms with E-state index < -0.39 is 0 Å². The zero-order valence-electron chi connectivity index (χ0n) is 10.0. The number of aliphatic hydroxyl groups is 1. The fourth-order valence-electron chi connectivity index (χ4n) is 1.39. The molecular formula is C11H19N3O2. The van der Waals surface area contributed by atoms with E-state index >= 15 is 0 Å². The molecule has 3 N–H and O–H groups in total. The van der Waals surface area contributed by atoms with E-state index in [9.17, 15) is 4.79 Å². The van der Waals surface area contributed by atoms with E-state index in [2.05, 4.69) is 15.5 Å². The lowest BCUT2D eigenvalue weighted by atomic mass is 9.89. The van der Waals surface area contributed by atoms with Gasteiger partial charge in [-0.2, -0.15) is 5.10 Å². The fourth-order valence-corrected chi connectivity index (χ4v) is 1.39. The van der Waals surface area contributed by atoms with E-state index in [0.29, 0.717) is 18.5 Å². The first-order valence-electron chi connectivity index (χ1n) is 5.35. The van der Waals surface area contributed by atoms with Crippen LogP contribution >= 0.6 is 0 Å². The number of amides is 1. The fraction of sp³-hybridized carbons (Fsp3) is 0.636. The van der Waals surface area contributed by atoms with Crippen LogP contribution in [0.15, 0.2) is 6.20 Å². The highest BCUT2D eigenvalue weighted by atomic mass is 16.3. The molecule has 0 bridgehead atoms. The number of aryl methyl sites for hydroxylation is 1. The van der Waals surface area contributed by atoms with E-state index in [1.54, 1.807) is 6.92 Å². The van der Waals surface area contributed by atoms with Crippen LogP contribution in [-0.2, 0) is 0 Å². The molecule has 0 aliphatic carbocycles. The second kappa shape index (κ2) is 5.12. The van der Waals surface area contributed by atoms with Gasteiger partial charge >= 0.3 is 0 Å². The molecule has 0 aromatic carbocycles. The lowest BCUT2D eigenvalue weighted by Gasteiger charge is -2.23. The lowest BCUT2D eigenvalue weighted by Crippen LogP contribution is -2.34.